The Hall–Kier alpha value is -0.140. The van der Waals surface area contributed by atoms with Crippen LogP contribution in [-0.4, -0.2) is 25.3 Å². The molecule has 5 heteroatoms. The molecule has 0 radical (unpaired) electrons. The molecule has 2 rings (SSSR count). The second kappa shape index (κ2) is 4.62. The number of hydrogen-bond donors (Lipinski definition) is 0. The Balaban J connectivity index is 2.35. The summed E-state index contributed by atoms with van der Waals surface area (Å²) in [5.41, 5.74) is 0. The van der Waals surface area contributed by atoms with Crippen LogP contribution in [0.25, 0.3) is 0 Å². The van der Waals surface area contributed by atoms with Gasteiger partial charge in [0, 0.05) is 16.2 Å². The Morgan fingerprint density at radius 3 is 2.44 bits per heavy atom. The van der Waals surface area contributed by atoms with Crippen LogP contribution in [0.1, 0.15) is 19.8 Å². The molecule has 1 aromatic carbocycles. The first-order valence-electron chi connectivity index (χ1n) is 5.29. The van der Waals surface area contributed by atoms with Crippen LogP contribution in [0.4, 0.5) is 0 Å². The van der Waals surface area contributed by atoms with Crippen molar-refractivity contribution in [2.75, 3.05) is 6.54 Å². The zero-order chi connectivity index (χ0) is 11.8. The summed E-state index contributed by atoms with van der Waals surface area (Å²) in [5, 5.41) is 0. The van der Waals surface area contributed by atoms with E-state index in [1.54, 1.807) is 16.4 Å². The van der Waals surface area contributed by atoms with E-state index in [4.69, 9.17) is 0 Å². The molecule has 88 valence electrons. The molecule has 0 aromatic heterocycles. The van der Waals surface area contributed by atoms with Crippen LogP contribution in [-0.2, 0) is 10.0 Å². The summed E-state index contributed by atoms with van der Waals surface area (Å²) in [6, 6.07) is 7.15. The van der Waals surface area contributed by atoms with Crippen molar-refractivity contribution in [1.82, 2.24) is 4.31 Å². The van der Waals surface area contributed by atoms with Crippen LogP contribution in [0.3, 0.4) is 0 Å². The van der Waals surface area contributed by atoms with Gasteiger partial charge in [0.1, 0.15) is 0 Å². The van der Waals surface area contributed by atoms with Gasteiger partial charge in [0.05, 0.1) is 4.90 Å². The molecule has 0 saturated carbocycles. The highest BCUT2D eigenvalue weighted by Crippen LogP contribution is 2.25. The molecule has 0 amide bonds. The van der Waals surface area contributed by atoms with E-state index in [2.05, 4.69) is 22.6 Å². The van der Waals surface area contributed by atoms with E-state index in [0.29, 0.717) is 11.4 Å². The zero-order valence-electron chi connectivity index (χ0n) is 9.06. The topological polar surface area (TPSA) is 37.4 Å². The van der Waals surface area contributed by atoms with Crippen LogP contribution in [0.5, 0.6) is 0 Å². The fourth-order valence-electron chi connectivity index (χ4n) is 2.01. The largest absolute Gasteiger partial charge is 0.243 e. The van der Waals surface area contributed by atoms with E-state index >= 15 is 0 Å². The molecule has 1 saturated heterocycles. The summed E-state index contributed by atoms with van der Waals surface area (Å²) in [6.07, 6.45) is 1.92. The van der Waals surface area contributed by atoms with Gasteiger partial charge in [-0.2, -0.15) is 4.31 Å². The normalized spacial score (nSPS) is 22.5. The lowest BCUT2D eigenvalue weighted by molar-refractivity contribution is 0.408. The van der Waals surface area contributed by atoms with Crippen LogP contribution >= 0.6 is 22.6 Å². The van der Waals surface area contributed by atoms with E-state index in [0.717, 1.165) is 16.4 Å². The first-order valence-corrected chi connectivity index (χ1v) is 7.81. The van der Waals surface area contributed by atoms with E-state index in [-0.39, 0.29) is 6.04 Å². The standard InChI is InChI=1S/C11H14INO2S/c1-9-3-2-8-13(9)16(14,15)11-6-4-10(12)5-7-11/h4-7,9H,2-3,8H2,1H3/t9-/m1/s1. The molecule has 1 aromatic rings. The van der Waals surface area contributed by atoms with Crippen molar-refractivity contribution >= 4 is 32.6 Å². The third-order valence-electron chi connectivity index (χ3n) is 2.91. The monoisotopic (exact) mass is 351 g/mol. The molecule has 0 N–H and O–H groups in total. The summed E-state index contributed by atoms with van der Waals surface area (Å²) in [6.45, 7) is 2.62. The minimum Gasteiger partial charge on any atom is -0.207 e. The second-order valence-electron chi connectivity index (χ2n) is 4.06. The van der Waals surface area contributed by atoms with Gasteiger partial charge in [-0.15, -0.1) is 0 Å². The molecule has 1 aliphatic rings. The van der Waals surface area contributed by atoms with Gasteiger partial charge >= 0.3 is 0 Å². The average molecular weight is 351 g/mol. The van der Waals surface area contributed by atoms with E-state index in [9.17, 15) is 8.42 Å². The van der Waals surface area contributed by atoms with Crippen molar-refractivity contribution in [2.45, 2.75) is 30.7 Å². The lowest BCUT2D eigenvalue weighted by Gasteiger charge is -2.20. The van der Waals surface area contributed by atoms with Gasteiger partial charge in [-0.1, -0.05) is 0 Å². The lowest BCUT2D eigenvalue weighted by Crippen LogP contribution is -2.33. The maximum atomic E-state index is 12.3. The van der Waals surface area contributed by atoms with Crippen molar-refractivity contribution < 1.29 is 8.42 Å². The average Bonchev–Trinajstić information content (AvgIpc) is 2.66. The van der Waals surface area contributed by atoms with Crippen molar-refractivity contribution in [2.24, 2.45) is 0 Å². The fraction of sp³-hybridized carbons (Fsp3) is 0.455. The smallest absolute Gasteiger partial charge is 0.207 e. The number of rotatable bonds is 2. The maximum absolute atomic E-state index is 12.3. The number of hydrogen-bond acceptors (Lipinski definition) is 2. The summed E-state index contributed by atoms with van der Waals surface area (Å²) < 4.78 is 27.2. The third kappa shape index (κ3) is 2.26. The summed E-state index contributed by atoms with van der Waals surface area (Å²) in [5.74, 6) is 0. The van der Waals surface area contributed by atoms with Gasteiger partial charge in [0.2, 0.25) is 10.0 Å². The molecule has 0 bridgehead atoms. The molecular formula is C11H14INO2S. The number of nitrogens with zero attached hydrogens (tertiary/aromatic N) is 1. The molecule has 16 heavy (non-hydrogen) atoms. The third-order valence-corrected chi connectivity index (χ3v) is 5.66. The molecule has 1 fully saturated rings. The highest BCUT2D eigenvalue weighted by molar-refractivity contribution is 14.1. The van der Waals surface area contributed by atoms with E-state index in [1.165, 1.54) is 0 Å². The first kappa shape index (κ1) is 12.3. The molecule has 1 heterocycles. The minimum atomic E-state index is -3.27. The van der Waals surface area contributed by atoms with Crippen LogP contribution < -0.4 is 0 Å². The maximum Gasteiger partial charge on any atom is 0.243 e. The lowest BCUT2D eigenvalue weighted by atomic mass is 10.3. The molecule has 1 aliphatic heterocycles. The Morgan fingerprint density at radius 2 is 1.94 bits per heavy atom. The SMILES string of the molecule is C[C@@H]1CCCN1S(=O)(=O)c1ccc(I)cc1. The van der Waals surface area contributed by atoms with Crippen molar-refractivity contribution in [3.05, 3.63) is 27.8 Å². The van der Waals surface area contributed by atoms with Crippen LogP contribution in [0, 0.1) is 3.57 Å². The van der Waals surface area contributed by atoms with Crippen LogP contribution in [0.15, 0.2) is 29.2 Å². The Kier molecular flexibility index (Phi) is 3.56. The van der Waals surface area contributed by atoms with Gasteiger partial charge in [-0.25, -0.2) is 8.42 Å². The van der Waals surface area contributed by atoms with Gasteiger partial charge in [-0.05, 0) is 66.6 Å². The van der Waals surface area contributed by atoms with Crippen molar-refractivity contribution in [3.63, 3.8) is 0 Å². The quantitative estimate of drug-likeness (QED) is 0.768. The van der Waals surface area contributed by atoms with Gasteiger partial charge in [-0.3, -0.25) is 0 Å². The summed E-state index contributed by atoms with van der Waals surface area (Å²) in [4.78, 5) is 0.404. The van der Waals surface area contributed by atoms with Crippen LogP contribution in [0.2, 0.25) is 0 Å². The second-order valence-corrected chi connectivity index (χ2v) is 7.20. The molecule has 0 spiro atoms. The molecule has 0 aliphatic carbocycles. The molecular weight excluding hydrogens is 337 g/mol. The Bertz CT molecular complexity index is 469. The molecule has 1 atom stereocenters. The van der Waals surface area contributed by atoms with Gasteiger partial charge < -0.3 is 0 Å². The highest BCUT2D eigenvalue weighted by Gasteiger charge is 2.32. The summed E-state index contributed by atoms with van der Waals surface area (Å²) >= 11 is 2.17. The predicted octanol–water partition coefficient (Wildman–Crippen LogP) is 2.46. The Morgan fingerprint density at radius 1 is 1.31 bits per heavy atom. The highest BCUT2D eigenvalue weighted by atomic mass is 127. The number of sulfonamides is 1. The van der Waals surface area contributed by atoms with Crippen molar-refractivity contribution in [3.8, 4) is 0 Å². The summed E-state index contributed by atoms with van der Waals surface area (Å²) in [7, 11) is -3.27. The minimum absolute atomic E-state index is 0.129. The molecule has 0 unspecified atom stereocenters. The fourth-order valence-corrected chi connectivity index (χ4v) is 4.07. The molecule has 3 nitrogen and oxygen atoms in total. The zero-order valence-corrected chi connectivity index (χ0v) is 12.0. The Labute approximate surface area is 110 Å². The number of halogens is 1. The first-order chi connectivity index (χ1) is 7.51. The van der Waals surface area contributed by atoms with Gasteiger partial charge in [0.25, 0.3) is 0 Å². The van der Waals surface area contributed by atoms with E-state index in [1.807, 2.05) is 19.1 Å². The number of benzene rings is 1. The predicted molar refractivity (Wildman–Crippen MR) is 71.7 cm³/mol. The van der Waals surface area contributed by atoms with E-state index < -0.39 is 10.0 Å². The van der Waals surface area contributed by atoms with Crippen molar-refractivity contribution in [1.29, 1.82) is 0 Å². The van der Waals surface area contributed by atoms with Gasteiger partial charge in [0.15, 0.2) is 0 Å².